The van der Waals surface area contributed by atoms with Crippen molar-refractivity contribution in [2.24, 2.45) is 7.05 Å². The van der Waals surface area contributed by atoms with Crippen LogP contribution in [0.1, 0.15) is 23.8 Å². The Hall–Kier alpha value is -1.00. The van der Waals surface area contributed by atoms with E-state index in [-0.39, 0.29) is 11.4 Å². The largest absolute Gasteiger partial charge is 0.345 e. The Kier molecular flexibility index (Phi) is 2.95. The molecule has 1 aromatic heterocycles. The first-order chi connectivity index (χ1) is 7.50. The molecule has 0 spiro atoms. The van der Waals surface area contributed by atoms with Crippen LogP contribution < -0.4 is 10.6 Å². The number of hydrogen-bond acceptors (Lipinski definition) is 2. The predicted octanol–water partition coefficient (Wildman–Crippen LogP) is 1.16. The zero-order chi connectivity index (χ0) is 11.8. The van der Waals surface area contributed by atoms with Gasteiger partial charge in [-0.3, -0.25) is 4.79 Å². The van der Waals surface area contributed by atoms with Crippen LogP contribution in [0.3, 0.4) is 0 Å². The molecular formula is C11H16ClN3O. The van der Waals surface area contributed by atoms with Gasteiger partial charge in [0.1, 0.15) is 5.69 Å². The molecule has 5 heteroatoms. The number of nitrogens with zero attached hydrogens (tertiary/aromatic N) is 1. The zero-order valence-electron chi connectivity index (χ0n) is 9.51. The summed E-state index contributed by atoms with van der Waals surface area (Å²) in [7, 11) is 1.82. The molecule has 1 unspecified atom stereocenters. The molecule has 88 valence electrons. The summed E-state index contributed by atoms with van der Waals surface area (Å²) >= 11 is 5.85. The van der Waals surface area contributed by atoms with Crippen molar-refractivity contribution in [3.05, 3.63) is 23.0 Å². The van der Waals surface area contributed by atoms with Crippen molar-refractivity contribution in [3.8, 4) is 0 Å². The van der Waals surface area contributed by atoms with E-state index in [1.165, 1.54) is 0 Å². The lowest BCUT2D eigenvalue weighted by atomic mass is 10.0. The standard InChI is InChI=1S/C11H16ClN3O/c1-11(3-4-13-7-11)14-10(16)9-5-8(12)6-15(9)2/h5-6,13H,3-4,7H2,1-2H3,(H,14,16). The molecule has 2 rings (SSSR count). The Morgan fingerprint density at radius 2 is 2.44 bits per heavy atom. The van der Waals surface area contributed by atoms with Crippen LogP contribution in [0.25, 0.3) is 0 Å². The van der Waals surface area contributed by atoms with Crippen LogP contribution in [0.2, 0.25) is 5.02 Å². The van der Waals surface area contributed by atoms with E-state index in [0.29, 0.717) is 10.7 Å². The number of halogens is 1. The number of carbonyl (C=O) groups is 1. The van der Waals surface area contributed by atoms with E-state index >= 15 is 0 Å². The highest BCUT2D eigenvalue weighted by Crippen LogP contribution is 2.17. The topological polar surface area (TPSA) is 46.1 Å². The minimum atomic E-state index is -0.145. The maximum absolute atomic E-state index is 12.0. The van der Waals surface area contributed by atoms with Gasteiger partial charge >= 0.3 is 0 Å². The van der Waals surface area contributed by atoms with Crippen LogP contribution in [-0.4, -0.2) is 29.1 Å². The third-order valence-corrected chi connectivity index (χ3v) is 3.19. The summed E-state index contributed by atoms with van der Waals surface area (Å²) < 4.78 is 1.74. The number of aryl methyl sites for hydroxylation is 1. The van der Waals surface area contributed by atoms with Gasteiger partial charge < -0.3 is 15.2 Å². The predicted molar refractivity (Wildman–Crippen MR) is 63.8 cm³/mol. The minimum absolute atomic E-state index is 0.0689. The Bertz CT molecular complexity index is 407. The molecule has 0 radical (unpaired) electrons. The number of rotatable bonds is 2. The van der Waals surface area contributed by atoms with Crippen LogP contribution in [0, 0.1) is 0 Å². The van der Waals surface area contributed by atoms with E-state index in [1.54, 1.807) is 16.8 Å². The Labute approximate surface area is 100.0 Å². The monoisotopic (exact) mass is 241 g/mol. The second-order valence-corrected chi connectivity index (χ2v) is 5.03. The Morgan fingerprint density at radius 3 is 2.94 bits per heavy atom. The van der Waals surface area contributed by atoms with Gasteiger partial charge in [0.25, 0.3) is 5.91 Å². The van der Waals surface area contributed by atoms with E-state index in [1.807, 2.05) is 7.05 Å². The summed E-state index contributed by atoms with van der Waals surface area (Å²) in [5.74, 6) is -0.0689. The third kappa shape index (κ3) is 2.23. The molecule has 2 N–H and O–H groups in total. The van der Waals surface area contributed by atoms with E-state index in [4.69, 9.17) is 11.6 Å². The van der Waals surface area contributed by atoms with Crippen LogP contribution in [-0.2, 0) is 7.05 Å². The Morgan fingerprint density at radius 1 is 1.69 bits per heavy atom. The van der Waals surface area contributed by atoms with Crippen molar-refractivity contribution in [1.29, 1.82) is 0 Å². The van der Waals surface area contributed by atoms with E-state index < -0.39 is 0 Å². The number of carbonyl (C=O) groups excluding carboxylic acids is 1. The molecule has 0 aliphatic carbocycles. The second-order valence-electron chi connectivity index (χ2n) is 4.60. The Balaban J connectivity index is 2.11. The average Bonchev–Trinajstić information content (AvgIpc) is 2.73. The maximum atomic E-state index is 12.0. The van der Waals surface area contributed by atoms with Crippen molar-refractivity contribution in [3.63, 3.8) is 0 Å². The smallest absolute Gasteiger partial charge is 0.268 e. The third-order valence-electron chi connectivity index (χ3n) is 2.99. The molecule has 1 fully saturated rings. The summed E-state index contributed by atoms with van der Waals surface area (Å²) in [5, 5.41) is 6.87. The fourth-order valence-electron chi connectivity index (χ4n) is 2.01. The van der Waals surface area contributed by atoms with Gasteiger partial charge in [-0.1, -0.05) is 11.6 Å². The minimum Gasteiger partial charge on any atom is -0.345 e. The molecule has 1 aliphatic rings. The molecule has 1 saturated heterocycles. The molecule has 0 saturated carbocycles. The molecule has 1 aliphatic heterocycles. The van der Waals surface area contributed by atoms with Gasteiger partial charge in [-0.2, -0.15) is 0 Å². The SMILES string of the molecule is Cn1cc(Cl)cc1C(=O)NC1(C)CCNC1. The number of aromatic nitrogens is 1. The fraction of sp³-hybridized carbons (Fsp3) is 0.545. The quantitative estimate of drug-likeness (QED) is 0.816. The van der Waals surface area contributed by atoms with Gasteiger partial charge in [0.05, 0.1) is 10.6 Å². The molecule has 1 atom stereocenters. The molecule has 4 nitrogen and oxygen atoms in total. The van der Waals surface area contributed by atoms with Gasteiger partial charge in [-0.15, -0.1) is 0 Å². The highest BCUT2D eigenvalue weighted by molar-refractivity contribution is 6.31. The van der Waals surface area contributed by atoms with Gasteiger partial charge in [0, 0.05) is 19.8 Å². The van der Waals surface area contributed by atoms with Crippen LogP contribution in [0.5, 0.6) is 0 Å². The summed E-state index contributed by atoms with van der Waals surface area (Å²) in [6, 6.07) is 1.68. The molecule has 1 aromatic rings. The number of amides is 1. The first kappa shape index (κ1) is 11.5. The molecule has 16 heavy (non-hydrogen) atoms. The molecule has 2 heterocycles. The zero-order valence-corrected chi connectivity index (χ0v) is 10.3. The van der Waals surface area contributed by atoms with Gasteiger partial charge in [-0.25, -0.2) is 0 Å². The van der Waals surface area contributed by atoms with Crippen LogP contribution in [0.4, 0.5) is 0 Å². The molecular weight excluding hydrogens is 226 g/mol. The first-order valence-corrected chi connectivity index (χ1v) is 5.73. The fourth-order valence-corrected chi connectivity index (χ4v) is 2.26. The lowest BCUT2D eigenvalue weighted by Gasteiger charge is -2.24. The number of hydrogen-bond donors (Lipinski definition) is 2. The average molecular weight is 242 g/mol. The van der Waals surface area contributed by atoms with Crippen molar-refractivity contribution >= 4 is 17.5 Å². The second kappa shape index (κ2) is 4.11. The van der Waals surface area contributed by atoms with Crippen molar-refractivity contribution < 1.29 is 4.79 Å². The van der Waals surface area contributed by atoms with E-state index in [9.17, 15) is 4.79 Å². The van der Waals surface area contributed by atoms with Crippen molar-refractivity contribution in [2.45, 2.75) is 18.9 Å². The van der Waals surface area contributed by atoms with E-state index in [0.717, 1.165) is 19.5 Å². The summed E-state index contributed by atoms with van der Waals surface area (Å²) in [6.07, 6.45) is 2.68. The molecule has 0 bridgehead atoms. The normalized spacial score (nSPS) is 24.7. The molecule has 1 amide bonds. The molecule has 0 aromatic carbocycles. The van der Waals surface area contributed by atoms with Crippen LogP contribution >= 0.6 is 11.6 Å². The highest BCUT2D eigenvalue weighted by Gasteiger charge is 2.30. The van der Waals surface area contributed by atoms with Crippen molar-refractivity contribution in [2.75, 3.05) is 13.1 Å². The van der Waals surface area contributed by atoms with Gasteiger partial charge in [-0.05, 0) is 26.0 Å². The summed E-state index contributed by atoms with van der Waals surface area (Å²) in [5.41, 5.74) is 0.450. The van der Waals surface area contributed by atoms with Gasteiger partial charge in [0.2, 0.25) is 0 Å². The van der Waals surface area contributed by atoms with Crippen molar-refractivity contribution in [1.82, 2.24) is 15.2 Å². The maximum Gasteiger partial charge on any atom is 0.268 e. The lowest BCUT2D eigenvalue weighted by Crippen LogP contribution is -2.47. The van der Waals surface area contributed by atoms with E-state index in [2.05, 4.69) is 17.6 Å². The first-order valence-electron chi connectivity index (χ1n) is 5.35. The number of nitrogens with one attached hydrogen (secondary N) is 2. The van der Waals surface area contributed by atoms with Gasteiger partial charge in [0.15, 0.2) is 0 Å². The van der Waals surface area contributed by atoms with Crippen LogP contribution in [0.15, 0.2) is 12.3 Å². The highest BCUT2D eigenvalue weighted by atomic mass is 35.5. The summed E-state index contributed by atoms with van der Waals surface area (Å²) in [6.45, 7) is 3.82. The lowest BCUT2D eigenvalue weighted by molar-refractivity contribution is 0.0904. The summed E-state index contributed by atoms with van der Waals surface area (Å²) in [4.78, 5) is 12.0.